The highest BCUT2D eigenvalue weighted by Gasteiger charge is 2.24. The standard InChI is InChI=1S/C11H10ClN3O2S/c12-8-2-5-1-7(15-11(5)18-8)10(17)14-6-3-9(16)13-4-6/h1-2,6,15H,3-4H2,(H,13,16)(H,14,17)/t6-/m0/s1. The summed E-state index contributed by atoms with van der Waals surface area (Å²) in [6.45, 7) is 0.492. The Morgan fingerprint density at radius 2 is 2.33 bits per heavy atom. The Morgan fingerprint density at radius 3 is 3.00 bits per heavy atom. The molecule has 2 amide bonds. The molecule has 0 aromatic carbocycles. The molecule has 1 aliphatic heterocycles. The molecule has 1 aliphatic rings. The van der Waals surface area contributed by atoms with Crippen LogP contribution >= 0.6 is 22.9 Å². The summed E-state index contributed by atoms with van der Waals surface area (Å²) in [5.74, 6) is -0.226. The van der Waals surface area contributed by atoms with Crippen molar-refractivity contribution in [1.82, 2.24) is 15.6 Å². The highest BCUT2D eigenvalue weighted by molar-refractivity contribution is 7.22. The second-order valence-corrected chi connectivity index (χ2v) is 5.88. The fraction of sp³-hybridized carbons (Fsp3) is 0.273. The Morgan fingerprint density at radius 1 is 1.50 bits per heavy atom. The Hall–Kier alpha value is -1.53. The van der Waals surface area contributed by atoms with E-state index < -0.39 is 0 Å². The monoisotopic (exact) mass is 283 g/mol. The van der Waals surface area contributed by atoms with Crippen molar-refractivity contribution >= 4 is 45.0 Å². The minimum atomic E-state index is -0.198. The number of rotatable bonds is 2. The lowest BCUT2D eigenvalue weighted by Crippen LogP contribution is -2.36. The quantitative estimate of drug-likeness (QED) is 0.781. The fourth-order valence-electron chi connectivity index (χ4n) is 1.99. The van der Waals surface area contributed by atoms with E-state index >= 15 is 0 Å². The highest BCUT2D eigenvalue weighted by atomic mass is 35.5. The summed E-state index contributed by atoms with van der Waals surface area (Å²) >= 11 is 7.26. The van der Waals surface area contributed by atoms with Crippen LogP contribution in [0.25, 0.3) is 10.2 Å². The largest absolute Gasteiger partial charge is 0.354 e. The summed E-state index contributed by atoms with van der Waals surface area (Å²) in [4.78, 5) is 26.9. The Labute approximate surface area is 112 Å². The molecule has 0 spiro atoms. The van der Waals surface area contributed by atoms with Crippen molar-refractivity contribution in [1.29, 1.82) is 0 Å². The zero-order valence-electron chi connectivity index (χ0n) is 9.25. The van der Waals surface area contributed by atoms with Gasteiger partial charge in [-0.15, -0.1) is 11.3 Å². The molecule has 2 aromatic rings. The first-order valence-electron chi connectivity index (χ1n) is 5.47. The molecule has 3 N–H and O–H groups in total. The molecule has 94 valence electrons. The number of aromatic amines is 1. The second-order valence-electron chi connectivity index (χ2n) is 4.20. The molecule has 5 nitrogen and oxygen atoms in total. The molecule has 1 atom stereocenters. The van der Waals surface area contributed by atoms with Gasteiger partial charge in [-0.25, -0.2) is 0 Å². The number of hydrogen-bond acceptors (Lipinski definition) is 3. The molecule has 0 aliphatic carbocycles. The molecule has 0 radical (unpaired) electrons. The molecule has 2 aromatic heterocycles. The maximum Gasteiger partial charge on any atom is 0.268 e. The molecular formula is C11H10ClN3O2S. The minimum Gasteiger partial charge on any atom is -0.354 e. The number of H-pyrrole nitrogens is 1. The van der Waals surface area contributed by atoms with Crippen LogP contribution < -0.4 is 10.6 Å². The van der Waals surface area contributed by atoms with E-state index in [2.05, 4.69) is 15.6 Å². The molecule has 0 unspecified atom stereocenters. The average Bonchev–Trinajstić information content (AvgIpc) is 2.92. The van der Waals surface area contributed by atoms with Crippen LogP contribution in [0.3, 0.4) is 0 Å². The van der Waals surface area contributed by atoms with Crippen LogP contribution in [-0.2, 0) is 4.79 Å². The number of hydrogen-bond donors (Lipinski definition) is 3. The summed E-state index contributed by atoms with van der Waals surface area (Å²) in [7, 11) is 0. The van der Waals surface area contributed by atoms with E-state index in [1.165, 1.54) is 11.3 Å². The molecule has 18 heavy (non-hydrogen) atoms. The maximum absolute atomic E-state index is 12.0. The Kier molecular flexibility index (Phi) is 2.76. The molecular weight excluding hydrogens is 274 g/mol. The minimum absolute atomic E-state index is 0.0282. The van der Waals surface area contributed by atoms with E-state index in [1.807, 2.05) is 6.07 Å². The highest BCUT2D eigenvalue weighted by Crippen LogP contribution is 2.29. The molecule has 1 fully saturated rings. The van der Waals surface area contributed by atoms with Gasteiger partial charge in [-0.3, -0.25) is 9.59 Å². The first kappa shape index (κ1) is 11.6. The van der Waals surface area contributed by atoms with E-state index in [1.54, 1.807) is 6.07 Å². The number of amides is 2. The van der Waals surface area contributed by atoms with Gasteiger partial charge in [0.05, 0.1) is 10.4 Å². The molecule has 0 bridgehead atoms. The van der Waals surface area contributed by atoms with E-state index in [-0.39, 0.29) is 17.9 Å². The van der Waals surface area contributed by atoms with Crippen molar-refractivity contribution in [2.75, 3.05) is 6.54 Å². The number of carbonyl (C=O) groups excluding carboxylic acids is 2. The van der Waals surface area contributed by atoms with Crippen LogP contribution in [0.4, 0.5) is 0 Å². The zero-order chi connectivity index (χ0) is 12.7. The van der Waals surface area contributed by atoms with Crippen molar-refractivity contribution < 1.29 is 9.59 Å². The van der Waals surface area contributed by atoms with E-state index in [0.29, 0.717) is 23.0 Å². The lowest BCUT2D eigenvalue weighted by atomic mass is 10.2. The van der Waals surface area contributed by atoms with Crippen LogP contribution in [0.5, 0.6) is 0 Å². The molecule has 0 saturated carbocycles. The fourth-order valence-corrected chi connectivity index (χ4v) is 3.11. The van der Waals surface area contributed by atoms with Crippen LogP contribution in [0.2, 0.25) is 4.34 Å². The van der Waals surface area contributed by atoms with Crippen molar-refractivity contribution in [2.24, 2.45) is 0 Å². The van der Waals surface area contributed by atoms with Gasteiger partial charge in [0.15, 0.2) is 0 Å². The van der Waals surface area contributed by atoms with Crippen molar-refractivity contribution in [3.05, 3.63) is 22.2 Å². The molecule has 1 saturated heterocycles. The normalized spacial score (nSPS) is 19.2. The van der Waals surface area contributed by atoms with Crippen LogP contribution in [0.15, 0.2) is 12.1 Å². The van der Waals surface area contributed by atoms with E-state index in [4.69, 9.17) is 11.6 Å². The van der Waals surface area contributed by atoms with Gasteiger partial charge in [-0.1, -0.05) is 11.6 Å². The first-order valence-corrected chi connectivity index (χ1v) is 6.67. The topological polar surface area (TPSA) is 74.0 Å². The van der Waals surface area contributed by atoms with Gasteiger partial charge in [-0.05, 0) is 12.1 Å². The Balaban J connectivity index is 1.75. The van der Waals surface area contributed by atoms with Crippen molar-refractivity contribution in [3.63, 3.8) is 0 Å². The first-order chi connectivity index (χ1) is 8.61. The van der Waals surface area contributed by atoms with E-state index in [0.717, 1.165) is 10.2 Å². The van der Waals surface area contributed by atoms with Crippen LogP contribution in [-0.4, -0.2) is 29.4 Å². The van der Waals surface area contributed by atoms with Crippen molar-refractivity contribution in [2.45, 2.75) is 12.5 Å². The van der Waals surface area contributed by atoms with Crippen molar-refractivity contribution in [3.8, 4) is 0 Å². The number of thiophene rings is 1. The SMILES string of the molecule is O=C1C[C@H](NC(=O)c2cc3cc(Cl)sc3[nH]2)CN1. The van der Waals surface area contributed by atoms with Gasteiger partial charge in [0.2, 0.25) is 5.91 Å². The summed E-state index contributed by atoms with van der Waals surface area (Å²) in [5, 5.41) is 6.41. The van der Waals surface area contributed by atoms with Crippen LogP contribution in [0.1, 0.15) is 16.9 Å². The van der Waals surface area contributed by atoms with Gasteiger partial charge in [0.1, 0.15) is 10.5 Å². The molecule has 7 heteroatoms. The smallest absolute Gasteiger partial charge is 0.268 e. The average molecular weight is 284 g/mol. The number of halogens is 1. The van der Waals surface area contributed by atoms with Gasteiger partial charge in [0, 0.05) is 18.4 Å². The predicted molar refractivity (Wildman–Crippen MR) is 70.1 cm³/mol. The predicted octanol–water partition coefficient (Wildman–Crippen LogP) is 1.50. The third-order valence-electron chi connectivity index (χ3n) is 2.84. The summed E-state index contributed by atoms with van der Waals surface area (Å²) in [6.07, 6.45) is 0.340. The van der Waals surface area contributed by atoms with Gasteiger partial charge < -0.3 is 15.6 Å². The third kappa shape index (κ3) is 2.09. The Bertz CT molecular complexity index is 602. The number of fused-ring (bicyclic) bond motifs is 1. The van der Waals surface area contributed by atoms with E-state index in [9.17, 15) is 9.59 Å². The summed E-state index contributed by atoms with van der Waals surface area (Å²) in [5.41, 5.74) is 0.493. The molecule has 3 rings (SSSR count). The van der Waals surface area contributed by atoms with Crippen LogP contribution in [0, 0.1) is 0 Å². The lowest BCUT2D eigenvalue weighted by molar-refractivity contribution is -0.119. The molecule has 3 heterocycles. The van der Waals surface area contributed by atoms with Gasteiger partial charge in [0.25, 0.3) is 5.91 Å². The summed E-state index contributed by atoms with van der Waals surface area (Å²) in [6, 6.07) is 3.45. The second kappa shape index (κ2) is 4.29. The number of carbonyl (C=O) groups is 2. The van der Waals surface area contributed by atoms with Gasteiger partial charge >= 0.3 is 0 Å². The third-order valence-corrected chi connectivity index (χ3v) is 4.03. The van der Waals surface area contributed by atoms with Gasteiger partial charge in [-0.2, -0.15) is 0 Å². The maximum atomic E-state index is 12.0. The summed E-state index contributed by atoms with van der Waals surface area (Å²) < 4.78 is 0.689. The zero-order valence-corrected chi connectivity index (χ0v) is 10.8. The lowest BCUT2D eigenvalue weighted by Gasteiger charge is -2.08. The number of nitrogens with one attached hydrogen (secondary N) is 3. The number of aromatic nitrogens is 1.